The summed E-state index contributed by atoms with van der Waals surface area (Å²) in [5, 5.41) is 23.6. The fraction of sp³-hybridized carbons (Fsp3) is 0.222. The Kier molecular flexibility index (Phi) is 4.47. The van der Waals surface area contributed by atoms with Gasteiger partial charge in [-0.25, -0.2) is 22.2 Å². The molecule has 1 atom stereocenters. The molecule has 2 N–H and O–H groups in total. The zero-order chi connectivity index (χ0) is 24.6. The van der Waals surface area contributed by atoms with Crippen molar-refractivity contribution in [3.63, 3.8) is 0 Å². The van der Waals surface area contributed by atoms with Gasteiger partial charge in [-0.2, -0.15) is 0 Å². The fourth-order valence-electron chi connectivity index (χ4n) is 2.76. The Labute approximate surface area is 175 Å². The van der Waals surface area contributed by atoms with Gasteiger partial charge in [0.2, 0.25) is 0 Å². The van der Waals surface area contributed by atoms with Gasteiger partial charge >= 0.3 is 11.7 Å². The molecule has 3 rings (SSSR count). The molecule has 0 amide bonds. The highest BCUT2D eigenvalue weighted by molar-refractivity contribution is 7.90. The molecule has 2 aromatic heterocycles. The Morgan fingerprint density at radius 1 is 1.40 bits per heavy atom. The lowest BCUT2D eigenvalue weighted by atomic mass is 10.0. The van der Waals surface area contributed by atoms with Crippen LogP contribution in [0.3, 0.4) is 0 Å². The maximum atomic E-state index is 13.1. The first kappa shape index (κ1) is 17.4. The molecular weight excluding hydrogens is 416 g/mol. The zero-order valence-corrected chi connectivity index (χ0v) is 16.3. The van der Waals surface area contributed by atoms with E-state index in [4.69, 9.17) is 4.11 Å². The van der Waals surface area contributed by atoms with Crippen molar-refractivity contribution >= 4 is 38.4 Å². The van der Waals surface area contributed by atoms with Crippen molar-refractivity contribution in [2.75, 3.05) is 19.0 Å². The van der Waals surface area contributed by atoms with Crippen LogP contribution in [0.25, 0.3) is 11.0 Å². The van der Waals surface area contributed by atoms with E-state index in [0.717, 1.165) is 29.5 Å². The molecule has 11 nitrogen and oxygen atoms in total. The van der Waals surface area contributed by atoms with Crippen molar-refractivity contribution in [2.45, 2.75) is 17.3 Å². The molecule has 0 spiro atoms. The number of nitrogens with zero attached hydrogens (tertiary/aromatic N) is 3. The minimum absolute atomic E-state index is 0.0843. The molecule has 0 unspecified atom stereocenters. The van der Waals surface area contributed by atoms with Gasteiger partial charge in [0.1, 0.15) is 11.9 Å². The van der Waals surface area contributed by atoms with Gasteiger partial charge in [0.15, 0.2) is 11.2 Å². The van der Waals surface area contributed by atoms with Crippen LogP contribution in [0.2, 0.25) is 0 Å². The summed E-state index contributed by atoms with van der Waals surface area (Å²) in [4.78, 5) is 26.9. The highest BCUT2D eigenvalue weighted by Gasteiger charge is 2.37. The number of esters is 1. The minimum atomic E-state index is -4.17. The third-order valence-corrected chi connectivity index (χ3v) is 5.95. The van der Waals surface area contributed by atoms with Gasteiger partial charge in [0.25, 0.3) is 10.0 Å². The van der Waals surface area contributed by atoms with Gasteiger partial charge in [-0.05, 0) is 25.1 Å². The Morgan fingerprint density at radius 2 is 2.10 bits per heavy atom. The van der Waals surface area contributed by atoms with Crippen LogP contribution in [0.4, 0.5) is 11.4 Å². The van der Waals surface area contributed by atoms with Crippen LogP contribution in [0, 0.1) is 10.1 Å². The first-order valence-corrected chi connectivity index (χ1v) is 9.77. The van der Waals surface area contributed by atoms with Gasteiger partial charge in [0, 0.05) is 10.3 Å². The molecule has 0 aliphatic heterocycles. The third kappa shape index (κ3) is 3.46. The van der Waals surface area contributed by atoms with E-state index in [0.29, 0.717) is 0 Å². The summed E-state index contributed by atoms with van der Waals surface area (Å²) in [5.41, 5.74) is -4.32. The van der Waals surface area contributed by atoms with Crippen molar-refractivity contribution in [3.8, 4) is 0 Å². The molecule has 0 aliphatic rings. The van der Waals surface area contributed by atoms with Gasteiger partial charge in [-0.1, -0.05) is 18.2 Å². The maximum absolute atomic E-state index is 13.1. The quantitative estimate of drug-likeness (QED) is 0.318. The van der Waals surface area contributed by atoms with Crippen LogP contribution in [0.5, 0.6) is 0 Å². The summed E-state index contributed by atoms with van der Waals surface area (Å²) in [6.45, 7) is -4.52. The van der Waals surface area contributed by atoms with Crippen LogP contribution >= 0.6 is 0 Å². The molecular formula is C18H18N4O7S. The Balaban J connectivity index is 2.31. The number of methoxy groups -OCH3 is 1. The number of carbonyl (C=O) groups excluding carboxylic acids is 1. The number of pyridine rings is 1. The summed E-state index contributed by atoms with van der Waals surface area (Å²) < 4.78 is 54.6. The van der Waals surface area contributed by atoms with E-state index >= 15 is 0 Å². The second-order valence-corrected chi connectivity index (χ2v) is 7.94. The number of rotatable bonds is 7. The molecule has 0 radical (unpaired) electrons. The Hall–Kier alpha value is -3.51. The smallest absolute Gasteiger partial charge is 0.333 e. The van der Waals surface area contributed by atoms with Crippen molar-refractivity contribution in [1.82, 2.24) is 8.96 Å². The summed E-state index contributed by atoms with van der Waals surface area (Å²) in [6, 6.07) is 8.48. The lowest BCUT2D eigenvalue weighted by molar-refractivity contribution is -0.384. The van der Waals surface area contributed by atoms with Gasteiger partial charge in [0.05, 0.1) is 28.9 Å². The predicted octanol–water partition coefficient (Wildman–Crippen LogP) is 1.52. The average Bonchev–Trinajstić information content (AvgIpc) is 3.21. The van der Waals surface area contributed by atoms with Crippen LogP contribution in [-0.4, -0.2) is 52.6 Å². The molecule has 0 bridgehead atoms. The fourth-order valence-corrected chi connectivity index (χ4v) is 4.09. The first-order valence-electron chi connectivity index (χ1n) is 9.83. The number of nitro groups is 1. The van der Waals surface area contributed by atoms with Gasteiger partial charge in [-0.3, -0.25) is 10.1 Å². The summed E-state index contributed by atoms with van der Waals surface area (Å²) in [7, 11) is -3.28. The molecule has 0 aliphatic carbocycles. The van der Waals surface area contributed by atoms with Crippen molar-refractivity contribution in [1.29, 1.82) is 0 Å². The largest absolute Gasteiger partial charge is 0.467 e. The zero-order valence-electron chi connectivity index (χ0n) is 18.5. The maximum Gasteiger partial charge on any atom is 0.333 e. The van der Waals surface area contributed by atoms with Crippen LogP contribution < -0.4 is 5.32 Å². The number of aliphatic hydroxyl groups is 1. The second-order valence-electron chi connectivity index (χ2n) is 6.12. The highest BCUT2D eigenvalue weighted by Crippen LogP contribution is 2.35. The van der Waals surface area contributed by atoms with Gasteiger partial charge in [-0.15, -0.1) is 0 Å². The first-order chi connectivity index (χ1) is 15.4. The number of aromatic nitrogens is 2. The monoisotopic (exact) mass is 437 g/mol. The molecule has 3 aromatic rings. The number of nitrogens with one attached hydrogen (secondary N) is 1. The molecule has 0 fully saturated rings. The van der Waals surface area contributed by atoms with E-state index in [1.54, 1.807) is 6.07 Å². The SMILES string of the molecule is [2H]C([2H])([2H])[C@](CO)(Nc1c([N+](=O)[O-])cnc2c1ccn2S(=O)(=O)c1ccccc1)C(=O)OC. The van der Waals surface area contributed by atoms with E-state index in [1.807, 2.05) is 0 Å². The third-order valence-electron chi connectivity index (χ3n) is 4.27. The highest BCUT2D eigenvalue weighted by atomic mass is 32.2. The lowest BCUT2D eigenvalue weighted by Gasteiger charge is -2.26. The molecule has 12 heteroatoms. The van der Waals surface area contributed by atoms with E-state index in [9.17, 15) is 28.4 Å². The predicted molar refractivity (Wildman–Crippen MR) is 107 cm³/mol. The second kappa shape index (κ2) is 7.72. The van der Waals surface area contributed by atoms with Crippen molar-refractivity contribution < 1.29 is 32.1 Å². The van der Waals surface area contributed by atoms with Gasteiger partial charge < -0.3 is 15.2 Å². The Morgan fingerprint density at radius 3 is 2.67 bits per heavy atom. The normalized spacial score (nSPS) is 15.5. The standard InChI is InChI=1S/C18H18N4O7S/c1-18(11-23,17(24)29-2)20-15-13-8-9-21(16(13)19-10-14(15)22(25)26)30(27,28)12-6-4-3-5-7-12/h3-10,23H,11H2,1-2H3,(H,19,20)/t18-/m1/s1/i1D3. The lowest BCUT2D eigenvalue weighted by Crippen LogP contribution is -2.47. The van der Waals surface area contributed by atoms with E-state index in [-0.39, 0.29) is 15.9 Å². The number of ether oxygens (including phenoxy) is 1. The Bertz CT molecular complexity index is 1330. The summed E-state index contributed by atoms with van der Waals surface area (Å²) >= 11 is 0. The summed E-state index contributed by atoms with van der Waals surface area (Å²) in [6.07, 6.45) is 1.81. The van der Waals surface area contributed by atoms with Crippen LogP contribution in [0.1, 0.15) is 11.0 Å². The van der Waals surface area contributed by atoms with E-state index < -0.39 is 51.3 Å². The molecule has 158 valence electrons. The summed E-state index contributed by atoms with van der Waals surface area (Å²) in [5.74, 6) is -1.40. The van der Waals surface area contributed by atoms with E-state index in [2.05, 4.69) is 15.0 Å². The topological polar surface area (TPSA) is 154 Å². The van der Waals surface area contributed by atoms with E-state index in [1.165, 1.54) is 24.3 Å². The molecule has 0 saturated heterocycles. The number of aliphatic hydroxyl groups excluding tert-OH is 1. The van der Waals surface area contributed by atoms with Crippen molar-refractivity contribution in [2.24, 2.45) is 0 Å². The minimum Gasteiger partial charge on any atom is -0.467 e. The number of hydrogen-bond acceptors (Lipinski definition) is 9. The molecule has 2 heterocycles. The number of hydrogen-bond donors (Lipinski definition) is 2. The number of anilines is 1. The number of carbonyl (C=O) groups is 1. The van der Waals surface area contributed by atoms with Crippen LogP contribution in [-0.2, 0) is 19.6 Å². The molecule has 30 heavy (non-hydrogen) atoms. The number of benzene rings is 1. The number of fused-ring (bicyclic) bond motifs is 1. The average molecular weight is 437 g/mol. The molecule has 0 saturated carbocycles. The molecule has 1 aromatic carbocycles. The van der Waals surface area contributed by atoms with Crippen molar-refractivity contribution in [3.05, 3.63) is 58.9 Å². The van der Waals surface area contributed by atoms with Crippen LogP contribution in [0.15, 0.2) is 53.7 Å².